The van der Waals surface area contributed by atoms with Gasteiger partial charge in [0.05, 0.1) is 6.54 Å². The SMILES string of the molecule is CN(CCNCC(F)(F)C(F)F)C1CCCC1. The van der Waals surface area contributed by atoms with Crippen molar-refractivity contribution >= 4 is 0 Å². The van der Waals surface area contributed by atoms with Crippen molar-refractivity contribution in [2.24, 2.45) is 0 Å². The van der Waals surface area contributed by atoms with Crippen molar-refractivity contribution in [1.82, 2.24) is 10.2 Å². The highest BCUT2D eigenvalue weighted by atomic mass is 19.3. The molecule has 1 N–H and O–H groups in total. The fourth-order valence-electron chi connectivity index (χ4n) is 2.12. The molecule has 2 nitrogen and oxygen atoms in total. The van der Waals surface area contributed by atoms with Crippen molar-refractivity contribution < 1.29 is 17.6 Å². The molecule has 17 heavy (non-hydrogen) atoms. The van der Waals surface area contributed by atoms with Crippen LogP contribution in [0.4, 0.5) is 17.6 Å². The minimum Gasteiger partial charge on any atom is -0.310 e. The van der Waals surface area contributed by atoms with Gasteiger partial charge in [-0.3, -0.25) is 0 Å². The highest BCUT2D eigenvalue weighted by Gasteiger charge is 2.39. The van der Waals surface area contributed by atoms with Crippen molar-refractivity contribution in [3.05, 3.63) is 0 Å². The Balaban J connectivity index is 2.11. The summed E-state index contributed by atoms with van der Waals surface area (Å²) in [5, 5.41) is 2.39. The molecule has 0 heterocycles. The molecule has 0 spiro atoms. The molecule has 1 rings (SSSR count). The van der Waals surface area contributed by atoms with Crippen LogP contribution >= 0.6 is 0 Å². The Bertz CT molecular complexity index is 218. The van der Waals surface area contributed by atoms with Gasteiger partial charge in [-0.05, 0) is 19.9 Å². The smallest absolute Gasteiger partial charge is 0.310 e. The van der Waals surface area contributed by atoms with Crippen LogP contribution in [0.5, 0.6) is 0 Å². The highest BCUT2D eigenvalue weighted by molar-refractivity contribution is 4.76. The molecule has 1 aliphatic carbocycles. The van der Waals surface area contributed by atoms with Gasteiger partial charge in [-0.25, -0.2) is 8.78 Å². The summed E-state index contributed by atoms with van der Waals surface area (Å²) < 4.78 is 48.8. The van der Waals surface area contributed by atoms with Gasteiger partial charge in [-0.15, -0.1) is 0 Å². The van der Waals surface area contributed by atoms with E-state index in [0.717, 1.165) is 12.8 Å². The van der Waals surface area contributed by atoms with Gasteiger partial charge < -0.3 is 10.2 Å². The number of nitrogens with zero attached hydrogens (tertiary/aromatic N) is 1. The second kappa shape index (κ2) is 6.54. The van der Waals surface area contributed by atoms with Crippen LogP contribution in [0, 0.1) is 0 Å². The average Bonchev–Trinajstić information content (AvgIpc) is 2.77. The Morgan fingerprint density at radius 2 is 1.88 bits per heavy atom. The van der Waals surface area contributed by atoms with Gasteiger partial charge in [-0.1, -0.05) is 12.8 Å². The summed E-state index contributed by atoms with van der Waals surface area (Å²) in [6.45, 7) is -0.0253. The zero-order valence-corrected chi connectivity index (χ0v) is 10.1. The van der Waals surface area contributed by atoms with Gasteiger partial charge in [0.25, 0.3) is 0 Å². The molecule has 0 aromatic heterocycles. The van der Waals surface area contributed by atoms with Crippen LogP contribution in [-0.4, -0.2) is 50.0 Å². The molecule has 1 saturated carbocycles. The molecule has 6 heteroatoms. The lowest BCUT2D eigenvalue weighted by atomic mass is 10.2. The van der Waals surface area contributed by atoms with E-state index in [1.807, 2.05) is 7.05 Å². The van der Waals surface area contributed by atoms with E-state index in [2.05, 4.69) is 10.2 Å². The maximum absolute atomic E-state index is 12.5. The van der Waals surface area contributed by atoms with Crippen LogP contribution in [0.15, 0.2) is 0 Å². The first-order valence-corrected chi connectivity index (χ1v) is 6.00. The summed E-state index contributed by atoms with van der Waals surface area (Å²) in [6, 6.07) is 0.521. The number of halogens is 4. The monoisotopic (exact) mass is 256 g/mol. The molecule has 0 radical (unpaired) electrons. The van der Waals surface area contributed by atoms with Crippen molar-refractivity contribution in [3.63, 3.8) is 0 Å². The molecule has 0 aromatic carbocycles. The maximum atomic E-state index is 12.5. The summed E-state index contributed by atoms with van der Waals surface area (Å²) in [5.41, 5.74) is 0. The van der Waals surface area contributed by atoms with Crippen LogP contribution in [0.1, 0.15) is 25.7 Å². The van der Waals surface area contributed by atoms with E-state index in [-0.39, 0.29) is 0 Å². The standard InChI is InChI=1S/C11H20F4N2/c1-17(9-4-2-3-5-9)7-6-16-8-11(14,15)10(12)13/h9-10,16H,2-8H2,1H3. The number of hydrogen-bond donors (Lipinski definition) is 1. The number of nitrogens with one attached hydrogen (secondary N) is 1. The van der Waals surface area contributed by atoms with Gasteiger partial charge in [0, 0.05) is 19.1 Å². The zero-order chi connectivity index (χ0) is 12.9. The first-order chi connectivity index (χ1) is 7.93. The molecule has 0 unspecified atom stereocenters. The molecule has 1 fully saturated rings. The Hall–Kier alpha value is -0.360. The number of alkyl halides is 4. The van der Waals surface area contributed by atoms with Crippen LogP contribution in [0.3, 0.4) is 0 Å². The van der Waals surface area contributed by atoms with Crippen LogP contribution in [0.2, 0.25) is 0 Å². The highest BCUT2D eigenvalue weighted by Crippen LogP contribution is 2.22. The summed E-state index contributed by atoms with van der Waals surface area (Å²) in [6.07, 6.45) is 1.12. The summed E-state index contributed by atoms with van der Waals surface area (Å²) >= 11 is 0. The van der Waals surface area contributed by atoms with Crippen molar-refractivity contribution in [2.75, 3.05) is 26.7 Å². The Kier molecular flexibility index (Phi) is 5.66. The van der Waals surface area contributed by atoms with E-state index in [0.29, 0.717) is 19.1 Å². The van der Waals surface area contributed by atoms with Gasteiger partial charge in [0.2, 0.25) is 0 Å². The third-order valence-corrected chi connectivity index (χ3v) is 3.27. The van der Waals surface area contributed by atoms with Crippen molar-refractivity contribution in [1.29, 1.82) is 0 Å². The van der Waals surface area contributed by atoms with Crippen molar-refractivity contribution in [3.8, 4) is 0 Å². The molecular weight excluding hydrogens is 236 g/mol. The lowest BCUT2D eigenvalue weighted by molar-refractivity contribution is -0.125. The lowest BCUT2D eigenvalue weighted by Crippen LogP contribution is -2.42. The second-order valence-corrected chi connectivity index (χ2v) is 4.66. The van der Waals surface area contributed by atoms with Crippen LogP contribution in [-0.2, 0) is 0 Å². The predicted octanol–water partition coefficient (Wildman–Crippen LogP) is 2.35. The van der Waals surface area contributed by atoms with Crippen LogP contribution in [0.25, 0.3) is 0 Å². The fraction of sp³-hybridized carbons (Fsp3) is 1.00. The van der Waals surface area contributed by atoms with E-state index in [4.69, 9.17) is 0 Å². The third kappa shape index (κ3) is 4.79. The van der Waals surface area contributed by atoms with E-state index >= 15 is 0 Å². The van der Waals surface area contributed by atoms with Crippen LogP contribution < -0.4 is 5.32 Å². The Morgan fingerprint density at radius 3 is 2.41 bits per heavy atom. The topological polar surface area (TPSA) is 15.3 Å². The minimum atomic E-state index is -3.92. The van der Waals surface area contributed by atoms with E-state index in [9.17, 15) is 17.6 Å². The van der Waals surface area contributed by atoms with E-state index in [1.165, 1.54) is 12.8 Å². The molecule has 102 valence electrons. The summed E-state index contributed by atoms with van der Waals surface area (Å²) in [4.78, 5) is 2.11. The van der Waals surface area contributed by atoms with Gasteiger partial charge >= 0.3 is 12.3 Å². The first kappa shape index (κ1) is 14.7. The van der Waals surface area contributed by atoms with Gasteiger partial charge in [0.15, 0.2) is 0 Å². The lowest BCUT2D eigenvalue weighted by Gasteiger charge is -2.24. The average molecular weight is 256 g/mol. The number of rotatable bonds is 7. The second-order valence-electron chi connectivity index (χ2n) is 4.66. The molecule has 0 aromatic rings. The quantitative estimate of drug-likeness (QED) is 0.555. The Morgan fingerprint density at radius 1 is 1.29 bits per heavy atom. The molecule has 0 bridgehead atoms. The van der Waals surface area contributed by atoms with Gasteiger partial charge in [0.1, 0.15) is 0 Å². The molecular formula is C11H20F4N2. The maximum Gasteiger partial charge on any atom is 0.319 e. The molecule has 0 saturated heterocycles. The minimum absolute atomic E-state index is 0.315. The number of hydrogen-bond acceptors (Lipinski definition) is 2. The zero-order valence-electron chi connectivity index (χ0n) is 10.1. The number of likely N-dealkylation sites (N-methyl/N-ethyl adjacent to an activating group) is 1. The Labute approximate surface area is 99.4 Å². The van der Waals surface area contributed by atoms with Gasteiger partial charge in [-0.2, -0.15) is 8.78 Å². The van der Waals surface area contributed by atoms with E-state index in [1.54, 1.807) is 0 Å². The summed E-state index contributed by atoms with van der Waals surface area (Å²) in [7, 11) is 1.95. The van der Waals surface area contributed by atoms with Crippen molar-refractivity contribution in [2.45, 2.75) is 44.1 Å². The summed E-state index contributed by atoms with van der Waals surface area (Å²) in [5.74, 6) is -3.92. The largest absolute Gasteiger partial charge is 0.319 e. The third-order valence-electron chi connectivity index (χ3n) is 3.27. The molecule has 0 amide bonds. The molecule has 0 aliphatic heterocycles. The fourth-order valence-corrected chi connectivity index (χ4v) is 2.12. The first-order valence-electron chi connectivity index (χ1n) is 6.00. The predicted molar refractivity (Wildman–Crippen MR) is 58.7 cm³/mol. The molecule has 0 atom stereocenters. The molecule has 1 aliphatic rings. The normalized spacial score (nSPS) is 18.5. The van der Waals surface area contributed by atoms with E-state index < -0.39 is 18.9 Å².